The first kappa shape index (κ1) is 6.82. The summed E-state index contributed by atoms with van der Waals surface area (Å²) in [5.74, 6) is -0.442. The van der Waals surface area contributed by atoms with Gasteiger partial charge < -0.3 is 0 Å². The Hall–Kier alpha value is -1.30. The van der Waals surface area contributed by atoms with Gasteiger partial charge in [-0.05, 0) is 12.1 Å². The summed E-state index contributed by atoms with van der Waals surface area (Å²) in [6, 6.07) is 6.28. The van der Waals surface area contributed by atoms with E-state index < -0.39 is 5.82 Å². The van der Waals surface area contributed by atoms with Gasteiger partial charge in [0.25, 0.3) is 0 Å². The molecule has 0 atom stereocenters. The van der Waals surface area contributed by atoms with Crippen LogP contribution in [-0.4, -0.2) is 7.85 Å². The van der Waals surface area contributed by atoms with E-state index in [9.17, 15) is 4.39 Å². The predicted octanol–water partition coefficient (Wildman–Crippen LogP) is -0.0442. The highest BCUT2D eigenvalue weighted by Gasteiger charge is 1.98. The third-order valence-corrected chi connectivity index (χ3v) is 1.25. The van der Waals surface area contributed by atoms with Crippen LogP contribution in [0.3, 0.4) is 0 Å². The van der Waals surface area contributed by atoms with Crippen LogP contribution in [0.25, 0.3) is 0 Å². The van der Waals surface area contributed by atoms with Gasteiger partial charge in [0.1, 0.15) is 19.7 Å². The molecular weight excluding hydrogens is 128 g/mol. The quantitative estimate of drug-likeness (QED) is 0.455. The van der Waals surface area contributed by atoms with Crippen molar-refractivity contribution in [2.24, 2.45) is 0 Å². The van der Waals surface area contributed by atoms with Crippen LogP contribution in [0.15, 0.2) is 18.2 Å². The van der Waals surface area contributed by atoms with Crippen molar-refractivity contribution in [3.05, 3.63) is 29.6 Å². The van der Waals surface area contributed by atoms with Crippen LogP contribution in [0.4, 0.5) is 4.39 Å². The summed E-state index contributed by atoms with van der Waals surface area (Å²) in [4.78, 5) is 0. The summed E-state index contributed by atoms with van der Waals surface area (Å²) < 4.78 is 12.6. The van der Waals surface area contributed by atoms with Gasteiger partial charge in [0.15, 0.2) is 0 Å². The fraction of sp³-hybridized carbons (Fsp3) is 0. The van der Waals surface area contributed by atoms with Crippen molar-refractivity contribution in [1.29, 1.82) is 5.26 Å². The molecule has 0 bridgehead atoms. The smallest absolute Gasteiger partial charge is 0.140 e. The summed E-state index contributed by atoms with van der Waals surface area (Å²) in [5.41, 5.74) is 0.933. The summed E-state index contributed by atoms with van der Waals surface area (Å²) in [6.45, 7) is 0. The summed E-state index contributed by atoms with van der Waals surface area (Å²) >= 11 is 0. The molecule has 48 valence electrons. The number of benzene rings is 1. The van der Waals surface area contributed by atoms with Crippen molar-refractivity contribution in [3.63, 3.8) is 0 Å². The molecule has 3 heteroatoms. The number of halogens is 1. The highest BCUT2D eigenvalue weighted by Crippen LogP contribution is 2.01. The van der Waals surface area contributed by atoms with E-state index in [4.69, 9.17) is 5.26 Å². The minimum atomic E-state index is -0.442. The standard InChI is InChI=1S/C7H5BFN/c8-6-2-1-5(4-10)7(9)3-6/h1-3H,8H2. The highest BCUT2D eigenvalue weighted by molar-refractivity contribution is 6.32. The van der Waals surface area contributed by atoms with Gasteiger partial charge >= 0.3 is 0 Å². The van der Waals surface area contributed by atoms with Crippen LogP contribution >= 0.6 is 0 Å². The van der Waals surface area contributed by atoms with Crippen LogP contribution in [-0.2, 0) is 0 Å². The molecule has 0 aliphatic carbocycles. The largest absolute Gasteiger partial charge is 0.206 e. The molecule has 0 amide bonds. The second kappa shape index (κ2) is 2.53. The Balaban J connectivity index is 3.23. The van der Waals surface area contributed by atoms with Crippen molar-refractivity contribution >= 4 is 13.3 Å². The van der Waals surface area contributed by atoms with E-state index >= 15 is 0 Å². The molecule has 0 spiro atoms. The molecule has 1 rings (SSSR count). The first-order valence-electron chi connectivity index (χ1n) is 2.90. The number of rotatable bonds is 0. The van der Waals surface area contributed by atoms with Crippen molar-refractivity contribution in [2.75, 3.05) is 0 Å². The van der Waals surface area contributed by atoms with Crippen LogP contribution < -0.4 is 5.46 Å². The molecule has 1 aromatic rings. The maximum Gasteiger partial charge on any atom is 0.140 e. The molecule has 0 aromatic heterocycles. The van der Waals surface area contributed by atoms with Crippen molar-refractivity contribution in [1.82, 2.24) is 0 Å². The number of nitrogens with zero attached hydrogens (tertiary/aromatic N) is 1. The average Bonchev–Trinajstić information content (AvgIpc) is 1.88. The van der Waals surface area contributed by atoms with E-state index in [0.717, 1.165) is 5.46 Å². The van der Waals surface area contributed by atoms with Gasteiger partial charge in [0.05, 0.1) is 5.56 Å². The fourth-order valence-electron chi connectivity index (χ4n) is 0.711. The molecular formula is C7H5BFN. The van der Waals surface area contributed by atoms with Gasteiger partial charge in [-0.1, -0.05) is 11.5 Å². The third-order valence-electron chi connectivity index (χ3n) is 1.25. The Morgan fingerprint density at radius 3 is 2.70 bits per heavy atom. The van der Waals surface area contributed by atoms with E-state index in [-0.39, 0.29) is 5.56 Å². The van der Waals surface area contributed by atoms with Crippen molar-refractivity contribution in [3.8, 4) is 6.07 Å². The zero-order valence-electron chi connectivity index (χ0n) is 5.56. The molecule has 0 radical (unpaired) electrons. The fourth-order valence-corrected chi connectivity index (χ4v) is 0.711. The SMILES string of the molecule is Bc1ccc(C#N)c(F)c1. The summed E-state index contributed by atoms with van der Waals surface area (Å²) in [5, 5.41) is 8.32. The molecule has 0 fully saturated rings. The van der Waals surface area contributed by atoms with E-state index in [1.165, 1.54) is 12.1 Å². The number of hydrogen-bond donors (Lipinski definition) is 0. The zero-order valence-corrected chi connectivity index (χ0v) is 5.56. The van der Waals surface area contributed by atoms with E-state index in [1.807, 2.05) is 0 Å². The van der Waals surface area contributed by atoms with Crippen LogP contribution in [0, 0.1) is 17.1 Å². The van der Waals surface area contributed by atoms with E-state index in [0.29, 0.717) is 0 Å². The lowest BCUT2D eigenvalue weighted by atomic mass is 9.95. The topological polar surface area (TPSA) is 23.8 Å². The van der Waals surface area contributed by atoms with Crippen molar-refractivity contribution in [2.45, 2.75) is 0 Å². The molecule has 0 aliphatic heterocycles. The lowest BCUT2D eigenvalue weighted by molar-refractivity contribution is 0.625. The van der Waals surface area contributed by atoms with Gasteiger partial charge in [0, 0.05) is 0 Å². The maximum atomic E-state index is 12.6. The van der Waals surface area contributed by atoms with Gasteiger partial charge in [-0.25, -0.2) is 4.39 Å². The molecule has 0 saturated carbocycles. The Bertz CT molecular complexity index is 290. The van der Waals surface area contributed by atoms with Crippen LogP contribution in [0.1, 0.15) is 5.56 Å². The Morgan fingerprint density at radius 2 is 2.20 bits per heavy atom. The van der Waals surface area contributed by atoms with Gasteiger partial charge in [-0.2, -0.15) is 5.26 Å². The number of hydrogen-bond acceptors (Lipinski definition) is 1. The molecule has 0 unspecified atom stereocenters. The molecule has 0 saturated heterocycles. The van der Waals surface area contributed by atoms with Crippen LogP contribution in [0.2, 0.25) is 0 Å². The second-order valence-electron chi connectivity index (χ2n) is 2.10. The van der Waals surface area contributed by atoms with Gasteiger partial charge in [-0.3, -0.25) is 0 Å². The molecule has 0 N–H and O–H groups in total. The maximum absolute atomic E-state index is 12.6. The Kier molecular flexibility index (Phi) is 1.72. The third kappa shape index (κ3) is 1.16. The average molecular weight is 133 g/mol. The molecule has 10 heavy (non-hydrogen) atoms. The highest BCUT2D eigenvalue weighted by atomic mass is 19.1. The molecule has 1 aromatic carbocycles. The Morgan fingerprint density at radius 1 is 1.50 bits per heavy atom. The van der Waals surface area contributed by atoms with Gasteiger partial charge in [0.2, 0.25) is 0 Å². The summed E-state index contributed by atoms with van der Waals surface area (Å²) in [6.07, 6.45) is 0. The molecule has 0 aliphatic rings. The number of nitriles is 1. The van der Waals surface area contributed by atoms with E-state index in [2.05, 4.69) is 0 Å². The first-order chi connectivity index (χ1) is 4.74. The van der Waals surface area contributed by atoms with E-state index in [1.54, 1.807) is 20.0 Å². The Labute approximate surface area is 59.5 Å². The molecule has 0 heterocycles. The van der Waals surface area contributed by atoms with Gasteiger partial charge in [-0.15, -0.1) is 0 Å². The van der Waals surface area contributed by atoms with Crippen molar-refractivity contribution < 1.29 is 4.39 Å². The van der Waals surface area contributed by atoms with Crippen LogP contribution in [0.5, 0.6) is 0 Å². The summed E-state index contributed by atoms with van der Waals surface area (Å²) in [7, 11) is 1.78. The first-order valence-corrected chi connectivity index (χ1v) is 2.90. The second-order valence-corrected chi connectivity index (χ2v) is 2.10. The normalized spacial score (nSPS) is 8.80. The minimum absolute atomic E-state index is 0.102. The zero-order chi connectivity index (χ0) is 7.56. The monoisotopic (exact) mass is 133 g/mol. The molecule has 1 nitrogen and oxygen atoms in total. The predicted molar refractivity (Wildman–Crippen MR) is 39.3 cm³/mol. The lowest BCUT2D eigenvalue weighted by Crippen LogP contribution is -2.02. The minimum Gasteiger partial charge on any atom is -0.206 e. The lowest BCUT2D eigenvalue weighted by Gasteiger charge is -1.92.